The Bertz CT molecular complexity index is 1210. The maximum absolute atomic E-state index is 13.6. The first kappa shape index (κ1) is 23.7. The molecule has 0 radical (unpaired) electrons. The molecule has 5 rings (SSSR count). The first-order chi connectivity index (χ1) is 17.7. The number of carbonyl (C=O) groups excluding carboxylic acids is 1. The van der Waals surface area contributed by atoms with Gasteiger partial charge in [-0.05, 0) is 60.4 Å². The van der Waals surface area contributed by atoms with E-state index in [1.54, 1.807) is 12.1 Å². The zero-order chi connectivity index (χ0) is 24.7. The molecule has 0 unspecified atom stereocenters. The molecule has 1 aliphatic heterocycles. The van der Waals surface area contributed by atoms with Gasteiger partial charge in [-0.2, -0.15) is 0 Å². The van der Waals surface area contributed by atoms with Crippen molar-refractivity contribution in [3.8, 4) is 11.3 Å². The summed E-state index contributed by atoms with van der Waals surface area (Å²) in [5.74, 6) is 0.726. The number of piperidine rings is 1. The summed E-state index contributed by atoms with van der Waals surface area (Å²) < 4.78 is 13.2. The van der Waals surface area contributed by atoms with Gasteiger partial charge < -0.3 is 9.80 Å². The highest BCUT2D eigenvalue weighted by atomic mass is 19.1. The van der Waals surface area contributed by atoms with E-state index in [9.17, 15) is 9.18 Å². The van der Waals surface area contributed by atoms with E-state index in [-0.39, 0.29) is 17.6 Å². The van der Waals surface area contributed by atoms with Crippen molar-refractivity contribution in [2.45, 2.75) is 25.9 Å². The number of carbonyl (C=O) groups is 1. The average molecular weight is 481 g/mol. The van der Waals surface area contributed by atoms with E-state index in [0.717, 1.165) is 48.4 Å². The van der Waals surface area contributed by atoms with E-state index in [2.05, 4.69) is 39.4 Å². The number of aromatic nitrogens is 2. The molecule has 0 N–H and O–H groups in total. The molecule has 1 aliphatic rings. The van der Waals surface area contributed by atoms with Crippen LogP contribution in [0.5, 0.6) is 0 Å². The molecule has 2 heterocycles. The van der Waals surface area contributed by atoms with Gasteiger partial charge in [0, 0.05) is 37.7 Å². The van der Waals surface area contributed by atoms with Gasteiger partial charge in [0.25, 0.3) is 0 Å². The zero-order valence-corrected chi connectivity index (χ0v) is 20.1. The number of rotatable bonds is 7. The van der Waals surface area contributed by atoms with Gasteiger partial charge in [0.15, 0.2) is 5.82 Å². The summed E-state index contributed by atoms with van der Waals surface area (Å²) in [4.78, 5) is 17.8. The van der Waals surface area contributed by atoms with Crippen molar-refractivity contribution in [1.82, 2.24) is 15.1 Å². The Hall–Kier alpha value is -4.06. The molecule has 0 saturated carbocycles. The predicted molar refractivity (Wildman–Crippen MR) is 140 cm³/mol. The molecule has 1 aromatic heterocycles. The van der Waals surface area contributed by atoms with Crippen molar-refractivity contribution in [3.05, 3.63) is 114 Å². The van der Waals surface area contributed by atoms with Gasteiger partial charge in [0.2, 0.25) is 5.91 Å². The molecule has 1 saturated heterocycles. The van der Waals surface area contributed by atoms with E-state index in [4.69, 9.17) is 0 Å². The number of halogens is 1. The second-order valence-electron chi connectivity index (χ2n) is 9.21. The van der Waals surface area contributed by atoms with Crippen LogP contribution in [0.1, 0.15) is 24.0 Å². The van der Waals surface area contributed by atoms with Crippen LogP contribution < -0.4 is 4.90 Å². The van der Waals surface area contributed by atoms with Crippen LogP contribution in [0, 0.1) is 11.7 Å². The minimum absolute atomic E-state index is 0.0138. The summed E-state index contributed by atoms with van der Waals surface area (Å²) in [5.41, 5.74) is 3.81. The van der Waals surface area contributed by atoms with Crippen LogP contribution in [0.15, 0.2) is 97.1 Å². The van der Waals surface area contributed by atoms with Crippen molar-refractivity contribution >= 4 is 11.7 Å². The Morgan fingerprint density at radius 1 is 0.778 bits per heavy atom. The molecular formula is C30H29FN4O. The molecule has 182 valence electrons. The summed E-state index contributed by atoms with van der Waals surface area (Å²) in [6, 6.07) is 30.4. The molecule has 5 nitrogen and oxygen atoms in total. The second-order valence-corrected chi connectivity index (χ2v) is 9.21. The fourth-order valence-electron chi connectivity index (χ4n) is 4.70. The minimum atomic E-state index is -0.271. The molecule has 0 atom stereocenters. The minimum Gasteiger partial charge on any atom is -0.355 e. The molecule has 0 spiro atoms. The van der Waals surface area contributed by atoms with E-state index < -0.39 is 0 Å². The van der Waals surface area contributed by atoms with E-state index >= 15 is 0 Å². The molecule has 36 heavy (non-hydrogen) atoms. The summed E-state index contributed by atoms with van der Waals surface area (Å²) in [6.45, 7) is 2.72. The van der Waals surface area contributed by atoms with Crippen molar-refractivity contribution < 1.29 is 9.18 Å². The van der Waals surface area contributed by atoms with Crippen LogP contribution in [-0.4, -0.2) is 34.1 Å². The topological polar surface area (TPSA) is 49.3 Å². The molecule has 0 bridgehead atoms. The van der Waals surface area contributed by atoms with Crippen LogP contribution in [0.4, 0.5) is 10.2 Å². The lowest BCUT2D eigenvalue weighted by Gasteiger charge is -2.35. The Morgan fingerprint density at radius 2 is 1.36 bits per heavy atom. The highest BCUT2D eigenvalue weighted by Crippen LogP contribution is 2.26. The molecular weight excluding hydrogens is 451 g/mol. The SMILES string of the molecule is O=C(C1CCN(c2ccc(-c3ccc(F)cc3)nn2)CC1)N(Cc1ccccc1)Cc1ccccc1. The number of amides is 1. The number of hydrogen-bond donors (Lipinski definition) is 0. The highest BCUT2D eigenvalue weighted by molar-refractivity contribution is 5.79. The van der Waals surface area contributed by atoms with E-state index in [1.807, 2.05) is 53.4 Å². The fourth-order valence-corrected chi connectivity index (χ4v) is 4.70. The summed E-state index contributed by atoms with van der Waals surface area (Å²) in [5, 5.41) is 8.75. The standard InChI is InChI=1S/C30H29FN4O/c31-27-13-11-25(12-14-27)28-15-16-29(33-32-28)34-19-17-26(18-20-34)30(36)35(21-23-7-3-1-4-8-23)22-24-9-5-2-6-10-24/h1-16,26H,17-22H2. The Labute approximate surface area is 211 Å². The molecule has 3 aromatic carbocycles. The fraction of sp³-hybridized carbons (Fsp3) is 0.233. The van der Waals surface area contributed by atoms with E-state index in [0.29, 0.717) is 18.8 Å². The number of hydrogen-bond acceptors (Lipinski definition) is 4. The smallest absolute Gasteiger partial charge is 0.226 e. The van der Waals surface area contributed by atoms with Crippen LogP contribution in [0.3, 0.4) is 0 Å². The lowest BCUT2D eigenvalue weighted by Crippen LogP contribution is -2.42. The number of nitrogens with zero attached hydrogens (tertiary/aromatic N) is 4. The van der Waals surface area contributed by atoms with E-state index in [1.165, 1.54) is 12.1 Å². The van der Waals surface area contributed by atoms with Crippen LogP contribution in [0.25, 0.3) is 11.3 Å². The Morgan fingerprint density at radius 3 is 1.89 bits per heavy atom. The first-order valence-electron chi connectivity index (χ1n) is 12.4. The van der Waals surface area contributed by atoms with Crippen molar-refractivity contribution in [2.75, 3.05) is 18.0 Å². The summed E-state index contributed by atoms with van der Waals surface area (Å²) in [6.07, 6.45) is 1.56. The van der Waals surface area contributed by atoms with Crippen LogP contribution in [-0.2, 0) is 17.9 Å². The van der Waals surface area contributed by atoms with Crippen molar-refractivity contribution in [1.29, 1.82) is 0 Å². The van der Waals surface area contributed by atoms with Crippen molar-refractivity contribution in [2.24, 2.45) is 5.92 Å². The third-order valence-electron chi connectivity index (χ3n) is 6.70. The van der Waals surface area contributed by atoms with Gasteiger partial charge in [0.1, 0.15) is 5.82 Å². The summed E-state index contributed by atoms with van der Waals surface area (Å²) >= 11 is 0. The Kier molecular flexibility index (Phi) is 7.31. The maximum atomic E-state index is 13.6. The van der Waals surface area contributed by atoms with Crippen LogP contribution >= 0.6 is 0 Å². The highest BCUT2D eigenvalue weighted by Gasteiger charge is 2.29. The number of anilines is 1. The zero-order valence-electron chi connectivity index (χ0n) is 20.1. The molecule has 0 aliphatic carbocycles. The Balaban J connectivity index is 1.23. The average Bonchev–Trinajstić information content (AvgIpc) is 2.94. The molecule has 1 fully saturated rings. The number of benzene rings is 3. The lowest BCUT2D eigenvalue weighted by atomic mass is 9.94. The van der Waals surface area contributed by atoms with Gasteiger partial charge in [-0.15, -0.1) is 10.2 Å². The third kappa shape index (κ3) is 5.77. The largest absolute Gasteiger partial charge is 0.355 e. The van der Waals surface area contributed by atoms with Gasteiger partial charge in [0.05, 0.1) is 5.69 Å². The predicted octanol–water partition coefficient (Wildman–Crippen LogP) is 5.73. The quantitative estimate of drug-likeness (QED) is 0.339. The molecule has 4 aromatic rings. The van der Waals surface area contributed by atoms with Crippen molar-refractivity contribution in [3.63, 3.8) is 0 Å². The van der Waals surface area contributed by atoms with Gasteiger partial charge in [-0.25, -0.2) is 4.39 Å². The normalized spacial score (nSPS) is 14.0. The third-order valence-corrected chi connectivity index (χ3v) is 6.70. The first-order valence-corrected chi connectivity index (χ1v) is 12.4. The monoisotopic (exact) mass is 480 g/mol. The van der Waals surface area contributed by atoms with Gasteiger partial charge in [-0.3, -0.25) is 4.79 Å². The molecule has 1 amide bonds. The van der Waals surface area contributed by atoms with Gasteiger partial charge >= 0.3 is 0 Å². The molecule has 6 heteroatoms. The summed E-state index contributed by atoms with van der Waals surface area (Å²) in [7, 11) is 0. The lowest BCUT2D eigenvalue weighted by molar-refractivity contribution is -0.137. The van der Waals surface area contributed by atoms with Gasteiger partial charge in [-0.1, -0.05) is 60.7 Å². The van der Waals surface area contributed by atoms with Crippen LogP contribution in [0.2, 0.25) is 0 Å². The second kappa shape index (κ2) is 11.1. The maximum Gasteiger partial charge on any atom is 0.226 e.